The molecule has 32 heavy (non-hydrogen) atoms. The van der Waals surface area contributed by atoms with Gasteiger partial charge in [0.15, 0.2) is 0 Å². The first kappa shape index (κ1) is 21.5. The van der Waals surface area contributed by atoms with Gasteiger partial charge in [-0.05, 0) is 60.7 Å². The number of carbonyl (C=O) groups is 1. The highest BCUT2D eigenvalue weighted by molar-refractivity contribution is 7.92. The number of aromatic nitrogens is 2. The van der Waals surface area contributed by atoms with Gasteiger partial charge in [0.2, 0.25) is 5.13 Å². The fourth-order valence-corrected chi connectivity index (χ4v) is 4.62. The molecule has 0 saturated carbocycles. The van der Waals surface area contributed by atoms with E-state index in [0.717, 1.165) is 11.3 Å². The topological polar surface area (TPSA) is 110 Å². The molecular formula is C22H18N4O4S2. The summed E-state index contributed by atoms with van der Waals surface area (Å²) in [6.45, 7) is 0. The van der Waals surface area contributed by atoms with Crippen LogP contribution in [-0.4, -0.2) is 31.6 Å². The Morgan fingerprint density at radius 1 is 0.906 bits per heavy atom. The van der Waals surface area contributed by atoms with E-state index in [1.807, 2.05) is 24.3 Å². The summed E-state index contributed by atoms with van der Waals surface area (Å²) >= 11 is 1.24. The van der Waals surface area contributed by atoms with Crippen molar-refractivity contribution in [2.75, 3.05) is 17.1 Å². The summed E-state index contributed by atoms with van der Waals surface area (Å²) in [4.78, 5) is 12.7. The normalized spacial score (nSPS) is 11.0. The van der Waals surface area contributed by atoms with E-state index in [-0.39, 0.29) is 10.8 Å². The predicted octanol–water partition coefficient (Wildman–Crippen LogP) is 4.27. The van der Waals surface area contributed by atoms with Crippen LogP contribution in [0.4, 0.5) is 10.8 Å². The van der Waals surface area contributed by atoms with Crippen molar-refractivity contribution in [3.05, 3.63) is 84.4 Å². The van der Waals surface area contributed by atoms with Crippen molar-refractivity contribution in [2.24, 2.45) is 0 Å². The van der Waals surface area contributed by atoms with Crippen LogP contribution in [0.25, 0.3) is 10.6 Å². The SMILES string of the molecule is COc1ccc(-c2nnc(NC(=O)c3ccc(NS(=O)(=O)c4ccccc4)cc3)s2)cc1. The molecule has 0 bridgehead atoms. The van der Waals surface area contributed by atoms with Crippen molar-refractivity contribution >= 4 is 38.1 Å². The first-order valence-electron chi connectivity index (χ1n) is 9.42. The second-order valence-corrected chi connectivity index (χ2v) is 9.25. The van der Waals surface area contributed by atoms with Crippen molar-refractivity contribution < 1.29 is 17.9 Å². The van der Waals surface area contributed by atoms with Crippen LogP contribution in [0.1, 0.15) is 10.4 Å². The molecule has 1 amide bonds. The molecule has 0 spiro atoms. The number of sulfonamides is 1. The van der Waals surface area contributed by atoms with E-state index in [1.54, 1.807) is 25.3 Å². The molecule has 0 aliphatic rings. The van der Waals surface area contributed by atoms with Gasteiger partial charge in [0.1, 0.15) is 10.8 Å². The molecular weight excluding hydrogens is 448 g/mol. The van der Waals surface area contributed by atoms with Crippen LogP contribution < -0.4 is 14.8 Å². The number of carbonyl (C=O) groups excluding carboxylic acids is 1. The van der Waals surface area contributed by atoms with Crippen LogP contribution in [0.15, 0.2) is 83.8 Å². The molecule has 10 heteroatoms. The zero-order valence-corrected chi connectivity index (χ0v) is 18.5. The highest BCUT2D eigenvalue weighted by atomic mass is 32.2. The first-order valence-corrected chi connectivity index (χ1v) is 11.7. The van der Waals surface area contributed by atoms with Crippen molar-refractivity contribution in [1.82, 2.24) is 10.2 Å². The van der Waals surface area contributed by atoms with Crippen LogP contribution in [0.2, 0.25) is 0 Å². The van der Waals surface area contributed by atoms with Crippen LogP contribution >= 0.6 is 11.3 Å². The van der Waals surface area contributed by atoms with Gasteiger partial charge < -0.3 is 4.74 Å². The molecule has 2 N–H and O–H groups in total. The van der Waals surface area contributed by atoms with E-state index in [2.05, 4.69) is 20.2 Å². The van der Waals surface area contributed by atoms with Gasteiger partial charge in [-0.3, -0.25) is 14.8 Å². The van der Waals surface area contributed by atoms with Gasteiger partial charge in [-0.25, -0.2) is 8.42 Å². The van der Waals surface area contributed by atoms with Crippen molar-refractivity contribution in [3.63, 3.8) is 0 Å². The van der Waals surface area contributed by atoms with Crippen LogP contribution in [-0.2, 0) is 10.0 Å². The van der Waals surface area contributed by atoms with Gasteiger partial charge in [0.05, 0.1) is 12.0 Å². The number of benzene rings is 3. The zero-order valence-electron chi connectivity index (χ0n) is 16.8. The number of anilines is 2. The highest BCUT2D eigenvalue weighted by Gasteiger charge is 2.15. The number of amides is 1. The number of hydrogen-bond acceptors (Lipinski definition) is 7. The quantitative estimate of drug-likeness (QED) is 0.421. The highest BCUT2D eigenvalue weighted by Crippen LogP contribution is 2.28. The summed E-state index contributed by atoms with van der Waals surface area (Å²) in [7, 11) is -2.10. The van der Waals surface area contributed by atoms with Gasteiger partial charge in [-0.2, -0.15) is 0 Å². The predicted molar refractivity (Wildman–Crippen MR) is 124 cm³/mol. The molecule has 0 saturated heterocycles. The first-order chi connectivity index (χ1) is 15.4. The Bertz CT molecular complexity index is 1320. The van der Waals surface area contributed by atoms with Crippen LogP contribution in [0.3, 0.4) is 0 Å². The number of rotatable bonds is 7. The van der Waals surface area contributed by atoms with Gasteiger partial charge in [0.25, 0.3) is 15.9 Å². The maximum atomic E-state index is 12.5. The summed E-state index contributed by atoms with van der Waals surface area (Å²) in [6.07, 6.45) is 0. The van der Waals surface area contributed by atoms with Gasteiger partial charge in [-0.1, -0.05) is 29.5 Å². The molecule has 4 aromatic rings. The zero-order chi connectivity index (χ0) is 22.6. The second kappa shape index (κ2) is 9.16. The molecule has 4 rings (SSSR count). The van der Waals surface area contributed by atoms with Crippen molar-refractivity contribution in [1.29, 1.82) is 0 Å². The smallest absolute Gasteiger partial charge is 0.261 e. The summed E-state index contributed by atoms with van der Waals surface area (Å²) in [6, 6.07) is 21.5. The lowest BCUT2D eigenvalue weighted by molar-refractivity contribution is 0.102. The van der Waals surface area contributed by atoms with E-state index in [4.69, 9.17) is 4.74 Å². The third-order valence-corrected chi connectivity index (χ3v) is 6.72. The molecule has 0 radical (unpaired) electrons. The van der Waals surface area contributed by atoms with Gasteiger partial charge in [0, 0.05) is 16.8 Å². The Kier molecular flexibility index (Phi) is 6.15. The molecule has 0 aliphatic heterocycles. The average molecular weight is 467 g/mol. The van der Waals surface area contributed by atoms with E-state index in [0.29, 0.717) is 21.4 Å². The Labute approximate surface area is 189 Å². The van der Waals surface area contributed by atoms with E-state index >= 15 is 0 Å². The minimum absolute atomic E-state index is 0.158. The lowest BCUT2D eigenvalue weighted by Crippen LogP contribution is -2.14. The fourth-order valence-electron chi connectivity index (χ4n) is 2.80. The summed E-state index contributed by atoms with van der Waals surface area (Å²) in [5, 5.41) is 11.8. The van der Waals surface area contributed by atoms with Crippen molar-refractivity contribution in [3.8, 4) is 16.3 Å². The minimum Gasteiger partial charge on any atom is -0.497 e. The maximum absolute atomic E-state index is 12.5. The Morgan fingerprint density at radius 3 is 2.25 bits per heavy atom. The van der Waals surface area contributed by atoms with Crippen LogP contribution in [0, 0.1) is 0 Å². The number of nitrogens with zero attached hydrogens (tertiary/aromatic N) is 2. The molecule has 0 atom stereocenters. The van der Waals surface area contributed by atoms with Gasteiger partial charge in [-0.15, -0.1) is 10.2 Å². The maximum Gasteiger partial charge on any atom is 0.261 e. The van der Waals surface area contributed by atoms with E-state index in [1.165, 1.54) is 47.7 Å². The third-order valence-electron chi connectivity index (χ3n) is 4.44. The van der Waals surface area contributed by atoms with Gasteiger partial charge >= 0.3 is 0 Å². The molecule has 0 unspecified atom stereocenters. The second-order valence-electron chi connectivity index (χ2n) is 6.59. The third kappa shape index (κ3) is 4.93. The number of nitrogens with one attached hydrogen (secondary N) is 2. The molecule has 3 aromatic carbocycles. The number of hydrogen-bond donors (Lipinski definition) is 2. The number of ether oxygens (including phenoxy) is 1. The van der Waals surface area contributed by atoms with E-state index in [9.17, 15) is 13.2 Å². The Morgan fingerprint density at radius 2 is 1.59 bits per heavy atom. The largest absolute Gasteiger partial charge is 0.497 e. The van der Waals surface area contributed by atoms with Crippen molar-refractivity contribution in [2.45, 2.75) is 4.90 Å². The fraction of sp³-hybridized carbons (Fsp3) is 0.0455. The molecule has 8 nitrogen and oxygen atoms in total. The Hall–Kier alpha value is -3.76. The van der Waals surface area contributed by atoms with Crippen LogP contribution in [0.5, 0.6) is 5.75 Å². The summed E-state index contributed by atoms with van der Waals surface area (Å²) in [5.74, 6) is 0.362. The van der Waals surface area contributed by atoms with E-state index < -0.39 is 10.0 Å². The number of methoxy groups -OCH3 is 1. The Balaban J connectivity index is 1.41. The summed E-state index contributed by atoms with van der Waals surface area (Å²) < 4.78 is 32.4. The molecule has 0 aliphatic carbocycles. The average Bonchev–Trinajstić information content (AvgIpc) is 3.28. The molecule has 162 valence electrons. The lowest BCUT2D eigenvalue weighted by atomic mass is 10.2. The molecule has 1 heterocycles. The minimum atomic E-state index is -3.70. The molecule has 0 fully saturated rings. The standard InChI is InChI=1S/C22H18N4O4S2/c1-30-18-13-9-16(10-14-18)21-24-25-22(31-21)23-20(27)15-7-11-17(12-8-15)26-32(28,29)19-5-3-2-4-6-19/h2-14,26H,1H3,(H,23,25,27). The monoisotopic (exact) mass is 466 g/mol. The molecule has 1 aromatic heterocycles. The lowest BCUT2D eigenvalue weighted by Gasteiger charge is -2.08. The summed E-state index contributed by atoms with van der Waals surface area (Å²) in [5.41, 5.74) is 1.57.